The van der Waals surface area contributed by atoms with Gasteiger partial charge in [0.25, 0.3) is 0 Å². The zero-order chi connectivity index (χ0) is 29.2. The first-order valence-electron chi connectivity index (χ1n) is 13.0. The molecule has 2 saturated heterocycles. The van der Waals surface area contributed by atoms with Crippen LogP contribution in [0.3, 0.4) is 0 Å². The van der Waals surface area contributed by atoms with Crippen molar-refractivity contribution in [2.45, 2.75) is 104 Å². The molecule has 0 bridgehead atoms. The number of hydrogen-bond donors (Lipinski definition) is 1. The topological polar surface area (TPSA) is 155 Å². The van der Waals surface area contributed by atoms with Crippen molar-refractivity contribution in [2.75, 3.05) is 0 Å². The first-order chi connectivity index (χ1) is 18.0. The second kappa shape index (κ2) is 9.55. The van der Waals surface area contributed by atoms with E-state index in [4.69, 9.17) is 23.7 Å². The van der Waals surface area contributed by atoms with Crippen LogP contribution in [-0.2, 0) is 47.7 Å². The smallest absolute Gasteiger partial charge is 0.342 e. The van der Waals surface area contributed by atoms with Crippen molar-refractivity contribution in [1.82, 2.24) is 0 Å². The SMILES string of the molecule is CC(=O)OC1C(O)C=C(C)C2C(OC(C)=O)C34OC3(C)C(=O)OC4C=C(C)CC(C(C)=O)C(OC(C)=O)C12C. The van der Waals surface area contributed by atoms with Gasteiger partial charge in [0.1, 0.15) is 30.2 Å². The van der Waals surface area contributed by atoms with E-state index in [9.17, 15) is 29.1 Å². The highest BCUT2D eigenvalue weighted by atomic mass is 16.7. The molecule has 10 unspecified atom stereocenters. The van der Waals surface area contributed by atoms with Crippen molar-refractivity contribution in [3.63, 3.8) is 0 Å². The molecule has 4 rings (SSSR count). The predicted octanol–water partition coefficient (Wildman–Crippen LogP) is 1.73. The third-order valence-electron chi connectivity index (χ3n) is 8.72. The van der Waals surface area contributed by atoms with E-state index in [2.05, 4.69) is 0 Å². The van der Waals surface area contributed by atoms with Crippen LogP contribution in [-0.4, -0.2) is 76.5 Å². The molecule has 4 aliphatic rings. The van der Waals surface area contributed by atoms with Crippen LogP contribution >= 0.6 is 0 Å². The summed E-state index contributed by atoms with van der Waals surface area (Å²) in [7, 11) is 0. The fourth-order valence-corrected chi connectivity index (χ4v) is 7.12. The number of rotatable bonds is 4. The number of aliphatic hydroxyl groups is 1. The van der Waals surface area contributed by atoms with E-state index in [1.54, 1.807) is 33.8 Å². The van der Waals surface area contributed by atoms with E-state index in [0.717, 1.165) is 0 Å². The molecule has 11 heteroatoms. The lowest BCUT2D eigenvalue weighted by Crippen LogP contribution is -2.66. The van der Waals surface area contributed by atoms with Gasteiger partial charge in [0.2, 0.25) is 0 Å². The summed E-state index contributed by atoms with van der Waals surface area (Å²) >= 11 is 0. The van der Waals surface area contributed by atoms with Gasteiger partial charge in [-0.1, -0.05) is 24.1 Å². The maximum atomic E-state index is 13.2. The van der Waals surface area contributed by atoms with Gasteiger partial charge in [-0.15, -0.1) is 0 Å². The Balaban J connectivity index is 2.10. The summed E-state index contributed by atoms with van der Waals surface area (Å²) in [4.78, 5) is 63.6. The molecule has 1 N–H and O–H groups in total. The van der Waals surface area contributed by atoms with E-state index in [0.29, 0.717) is 11.1 Å². The van der Waals surface area contributed by atoms with Crippen molar-refractivity contribution >= 4 is 29.7 Å². The van der Waals surface area contributed by atoms with Crippen LogP contribution < -0.4 is 0 Å². The number of esters is 4. The molecule has 2 aliphatic heterocycles. The van der Waals surface area contributed by atoms with Crippen molar-refractivity contribution < 1.29 is 52.8 Å². The Bertz CT molecular complexity index is 1190. The van der Waals surface area contributed by atoms with Crippen LogP contribution in [0.15, 0.2) is 23.3 Å². The van der Waals surface area contributed by atoms with Crippen molar-refractivity contribution in [3.05, 3.63) is 23.3 Å². The fraction of sp³-hybridized carbons (Fsp3) is 0.679. The minimum Gasteiger partial charge on any atom is -0.461 e. The zero-order valence-corrected chi connectivity index (χ0v) is 23.4. The van der Waals surface area contributed by atoms with Gasteiger partial charge in [0.05, 0.1) is 11.3 Å². The summed E-state index contributed by atoms with van der Waals surface area (Å²) in [5.41, 5.74) is -3.32. The van der Waals surface area contributed by atoms with E-state index in [1.165, 1.54) is 33.8 Å². The number of Topliss-reactive ketones (excluding diaryl/α,β-unsaturated/α-hetero) is 1. The Morgan fingerprint density at radius 1 is 0.897 bits per heavy atom. The lowest BCUT2D eigenvalue weighted by molar-refractivity contribution is -0.214. The highest BCUT2D eigenvalue weighted by molar-refractivity contribution is 5.89. The summed E-state index contributed by atoms with van der Waals surface area (Å²) < 4.78 is 29.4. The molecule has 1 spiro atoms. The minimum absolute atomic E-state index is 0.111. The highest BCUT2D eigenvalue weighted by Gasteiger charge is 2.87. The summed E-state index contributed by atoms with van der Waals surface area (Å²) in [6.07, 6.45) is -2.84. The minimum atomic E-state index is -1.54. The molecular formula is C28H36O11. The molecule has 11 nitrogen and oxygen atoms in total. The third-order valence-corrected chi connectivity index (χ3v) is 8.72. The van der Waals surface area contributed by atoms with E-state index in [-0.39, 0.29) is 12.2 Å². The molecule has 0 amide bonds. The van der Waals surface area contributed by atoms with Gasteiger partial charge in [-0.05, 0) is 40.2 Å². The number of ketones is 1. The van der Waals surface area contributed by atoms with Crippen molar-refractivity contribution in [2.24, 2.45) is 17.3 Å². The molecule has 39 heavy (non-hydrogen) atoms. The lowest BCUT2D eigenvalue weighted by atomic mass is 9.54. The Labute approximate surface area is 226 Å². The first kappa shape index (κ1) is 28.9. The number of aliphatic hydroxyl groups excluding tert-OH is 1. The molecule has 0 aromatic heterocycles. The molecule has 10 atom stereocenters. The standard InChI is InChI=1S/C28H36O11/c1-12-9-18(14(3)29)22(35-15(4)30)26(7)21(13(2)11-19(33)23(26)36-16(5)31)24(37-17(6)32)28-20(10-12)38-25(34)27(28,8)39-28/h10-11,18-24,33H,9H2,1-8H3. The van der Waals surface area contributed by atoms with Gasteiger partial charge in [0, 0.05) is 26.7 Å². The second-order valence-corrected chi connectivity index (χ2v) is 11.5. The number of ether oxygens (including phenoxy) is 5. The van der Waals surface area contributed by atoms with Gasteiger partial charge < -0.3 is 28.8 Å². The van der Waals surface area contributed by atoms with Crippen LogP contribution in [0.2, 0.25) is 0 Å². The average molecular weight is 549 g/mol. The predicted molar refractivity (Wildman–Crippen MR) is 133 cm³/mol. The number of hydrogen-bond acceptors (Lipinski definition) is 11. The number of carbonyl (C=O) groups is 5. The van der Waals surface area contributed by atoms with Gasteiger partial charge in [-0.2, -0.15) is 0 Å². The molecule has 2 heterocycles. The number of carbonyl (C=O) groups excluding carboxylic acids is 5. The number of allylic oxidation sites excluding steroid dienone is 1. The van der Waals surface area contributed by atoms with E-state index in [1.807, 2.05) is 0 Å². The van der Waals surface area contributed by atoms with Crippen LogP contribution in [0, 0.1) is 17.3 Å². The molecule has 2 aliphatic carbocycles. The van der Waals surface area contributed by atoms with Crippen molar-refractivity contribution in [1.29, 1.82) is 0 Å². The van der Waals surface area contributed by atoms with E-state index < -0.39 is 82.8 Å². The van der Waals surface area contributed by atoms with Gasteiger partial charge in [-0.3, -0.25) is 19.2 Å². The molecule has 2 fully saturated rings. The van der Waals surface area contributed by atoms with Gasteiger partial charge in [-0.25, -0.2) is 4.79 Å². The number of fused-ring (bicyclic) bond motifs is 1. The second-order valence-electron chi connectivity index (χ2n) is 11.5. The highest BCUT2D eigenvalue weighted by Crippen LogP contribution is 2.65. The number of epoxide rings is 1. The molecule has 0 aromatic carbocycles. The first-order valence-corrected chi connectivity index (χ1v) is 13.0. The summed E-state index contributed by atoms with van der Waals surface area (Å²) in [6.45, 7) is 11.6. The Morgan fingerprint density at radius 3 is 1.95 bits per heavy atom. The maximum absolute atomic E-state index is 13.2. The normalized spacial score (nSPS) is 42.8. The van der Waals surface area contributed by atoms with Crippen LogP contribution in [0.4, 0.5) is 0 Å². The molecule has 214 valence electrons. The monoisotopic (exact) mass is 548 g/mol. The fourth-order valence-electron chi connectivity index (χ4n) is 7.12. The maximum Gasteiger partial charge on any atom is 0.342 e. The summed E-state index contributed by atoms with van der Waals surface area (Å²) in [6, 6.07) is 0. The molecule has 0 radical (unpaired) electrons. The van der Waals surface area contributed by atoms with Crippen molar-refractivity contribution in [3.8, 4) is 0 Å². The quantitative estimate of drug-likeness (QED) is 0.236. The molecule has 0 aromatic rings. The van der Waals surface area contributed by atoms with Crippen LogP contribution in [0.5, 0.6) is 0 Å². The molecular weight excluding hydrogens is 512 g/mol. The summed E-state index contributed by atoms with van der Waals surface area (Å²) in [5.74, 6) is -4.93. The Morgan fingerprint density at radius 2 is 1.44 bits per heavy atom. The summed E-state index contributed by atoms with van der Waals surface area (Å²) in [5, 5.41) is 11.2. The molecule has 0 saturated carbocycles. The zero-order valence-electron chi connectivity index (χ0n) is 23.4. The lowest BCUT2D eigenvalue weighted by Gasteiger charge is -2.55. The average Bonchev–Trinajstić information content (AvgIpc) is 3.38. The largest absolute Gasteiger partial charge is 0.461 e. The van der Waals surface area contributed by atoms with Crippen LogP contribution in [0.1, 0.15) is 61.8 Å². The van der Waals surface area contributed by atoms with E-state index >= 15 is 0 Å². The Kier molecular flexibility index (Phi) is 7.09. The Hall–Kier alpha value is -3.05. The third kappa shape index (κ3) is 4.30. The van der Waals surface area contributed by atoms with Gasteiger partial charge >= 0.3 is 23.9 Å². The van der Waals surface area contributed by atoms with Gasteiger partial charge in [0.15, 0.2) is 17.3 Å². The van der Waals surface area contributed by atoms with Crippen LogP contribution in [0.25, 0.3) is 0 Å².